The molecule has 0 spiro atoms. The van der Waals surface area contributed by atoms with E-state index >= 15 is 0 Å². The highest BCUT2D eigenvalue weighted by Crippen LogP contribution is 2.31. The van der Waals surface area contributed by atoms with E-state index in [-0.39, 0.29) is 4.88 Å². The van der Waals surface area contributed by atoms with Gasteiger partial charge in [0.2, 0.25) is 0 Å². The number of ether oxygens (including phenoxy) is 1. The number of hydrogen-bond donors (Lipinski definition) is 1. The normalized spacial score (nSPS) is 10.2. The fourth-order valence-electron chi connectivity index (χ4n) is 1.38. The van der Waals surface area contributed by atoms with E-state index in [0.29, 0.717) is 9.61 Å². The molecule has 0 saturated heterocycles. The number of nitrogens with zero attached hydrogens (tertiary/aromatic N) is 1. The molecule has 88 valence electrons. The van der Waals surface area contributed by atoms with E-state index in [0.717, 1.165) is 22.6 Å². The monoisotopic (exact) mass is 313 g/mol. The van der Waals surface area contributed by atoms with Crippen LogP contribution in [0, 0.1) is 0 Å². The third-order valence-corrected chi connectivity index (χ3v) is 3.65. The highest BCUT2D eigenvalue weighted by atomic mass is 79.9. The molecule has 0 bridgehead atoms. The fraction of sp³-hybridized carbons (Fsp3) is 0.0909. The van der Waals surface area contributed by atoms with Gasteiger partial charge in [0, 0.05) is 5.56 Å². The van der Waals surface area contributed by atoms with Gasteiger partial charge < -0.3 is 9.84 Å². The van der Waals surface area contributed by atoms with Crippen LogP contribution in [0.1, 0.15) is 9.67 Å². The molecular weight excluding hydrogens is 306 g/mol. The average Bonchev–Trinajstić information content (AvgIpc) is 2.72. The molecule has 0 fully saturated rings. The van der Waals surface area contributed by atoms with Crippen molar-refractivity contribution in [3.05, 3.63) is 33.1 Å². The van der Waals surface area contributed by atoms with Gasteiger partial charge in [0.05, 0.1) is 12.8 Å². The third-order valence-electron chi connectivity index (χ3n) is 2.16. The lowest BCUT2D eigenvalue weighted by Gasteiger charge is -2.01. The quantitative estimate of drug-likeness (QED) is 0.944. The number of carboxylic acids is 1. The minimum atomic E-state index is -0.973. The minimum absolute atomic E-state index is 0.224. The molecule has 0 unspecified atom stereocenters. The zero-order chi connectivity index (χ0) is 12.4. The predicted octanol–water partition coefficient (Wildman–Crippen LogP) is 3.28. The summed E-state index contributed by atoms with van der Waals surface area (Å²) < 4.78 is 5.60. The predicted molar refractivity (Wildman–Crippen MR) is 68.8 cm³/mol. The van der Waals surface area contributed by atoms with Crippen molar-refractivity contribution >= 4 is 33.2 Å². The lowest BCUT2D eigenvalue weighted by atomic mass is 10.1. The number of halogens is 1. The molecule has 0 amide bonds. The van der Waals surface area contributed by atoms with Gasteiger partial charge in [-0.2, -0.15) is 0 Å². The molecule has 1 N–H and O–H groups in total. The third kappa shape index (κ3) is 2.48. The highest BCUT2D eigenvalue weighted by molar-refractivity contribution is 9.11. The maximum Gasteiger partial charge on any atom is 0.348 e. The minimum Gasteiger partial charge on any atom is -0.497 e. The SMILES string of the molecule is COc1ccc(-c2nc(Br)sc2C(=O)O)cc1. The van der Waals surface area contributed by atoms with E-state index < -0.39 is 5.97 Å². The maximum atomic E-state index is 11.1. The molecule has 0 aliphatic rings. The summed E-state index contributed by atoms with van der Waals surface area (Å²) >= 11 is 4.30. The van der Waals surface area contributed by atoms with Crippen molar-refractivity contribution in [3.8, 4) is 17.0 Å². The molecule has 0 aliphatic carbocycles. The van der Waals surface area contributed by atoms with Crippen LogP contribution in [0.15, 0.2) is 28.2 Å². The topological polar surface area (TPSA) is 59.4 Å². The second-order valence-corrected chi connectivity index (χ2v) is 5.45. The van der Waals surface area contributed by atoms with Crippen LogP contribution in [0.5, 0.6) is 5.75 Å². The van der Waals surface area contributed by atoms with Crippen LogP contribution in [0.4, 0.5) is 0 Å². The van der Waals surface area contributed by atoms with Gasteiger partial charge in [0.1, 0.15) is 10.6 Å². The molecule has 2 rings (SSSR count). The maximum absolute atomic E-state index is 11.1. The summed E-state index contributed by atoms with van der Waals surface area (Å²) in [6.07, 6.45) is 0. The lowest BCUT2D eigenvalue weighted by molar-refractivity contribution is 0.0702. The molecule has 2 aromatic rings. The van der Waals surface area contributed by atoms with Crippen LogP contribution >= 0.6 is 27.3 Å². The number of carbonyl (C=O) groups is 1. The van der Waals surface area contributed by atoms with Gasteiger partial charge in [-0.25, -0.2) is 9.78 Å². The van der Waals surface area contributed by atoms with Gasteiger partial charge in [0.15, 0.2) is 3.92 Å². The van der Waals surface area contributed by atoms with Gasteiger partial charge >= 0.3 is 5.97 Å². The molecule has 0 atom stereocenters. The second kappa shape index (κ2) is 4.85. The number of hydrogen-bond acceptors (Lipinski definition) is 4. The molecule has 1 heterocycles. The van der Waals surface area contributed by atoms with Gasteiger partial charge in [-0.15, -0.1) is 0 Å². The van der Waals surface area contributed by atoms with Crippen molar-refractivity contribution in [2.45, 2.75) is 0 Å². The first-order chi connectivity index (χ1) is 8.11. The Kier molecular flexibility index (Phi) is 3.44. The van der Waals surface area contributed by atoms with E-state index in [1.54, 1.807) is 31.4 Å². The van der Waals surface area contributed by atoms with Gasteiger partial charge in [-0.05, 0) is 40.2 Å². The Balaban J connectivity index is 2.48. The number of methoxy groups -OCH3 is 1. The molecule has 6 heteroatoms. The Morgan fingerprint density at radius 3 is 2.59 bits per heavy atom. The van der Waals surface area contributed by atoms with Gasteiger partial charge in [-0.1, -0.05) is 11.3 Å². The summed E-state index contributed by atoms with van der Waals surface area (Å²) in [6.45, 7) is 0. The number of benzene rings is 1. The number of thiazole rings is 1. The van der Waals surface area contributed by atoms with Crippen molar-refractivity contribution in [1.82, 2.24) is 4.98 Å². The zero-order valence-electron chi connectivity index (χ0n) is 8.81. The van der Waals surface area contributed by atoms with Gasteiger partial charge in [-0.3, -0.25) is 0 Å². The van der Waals surface area contributed by atoms with Crippen LogP contribution < -0.4 is 4.74 Å². The van der Waals surface area contributed by atoms with Crippen molar-refractivity contribution in [1.29, 1.82) is 0 Å². The summed E-state index contributed by atoms with van der Waals surface area (Å²) in [6, 6.07) is 7.11. The van der Waals surface area contributed by atoms with Crippen molar-refractivity contribution in [2.24, 2.45) is 0 Å². The standard InChI is InChI=1S/C11H8BrNO3S/c1-16-7-4-2-6(3-5-7)8-9(10(14)15)17-11(12)13-8/h2-5H,1H3,(H,14,15). The highest BCUT2D eigenvalue weighted by Gasteiger charge is 2.17. The van der Waals surface area contributed by atoms with E-state index in [1.807, 2.05) is 0 Å². The van der Waals surface area contributed by atoms with Crippen LogP contribution in [-0.4, -0.2) is 23.2 Å². The number of aromatic nitrogens is 1. The second-order valence-electron chi connectivity index (χ2n) is 3.18. The molecule has 0 saturated carbocycles. The Hall–Kier alpha value is -1.40. The van der Waals surface area contributed by atoms with Gasteiger partial charge in [0.25, 0.3) is 0 Å². The first-order valence-corrected chi connectivity index (χ1v) is 6.27. The Morgan fingerprint density at radius 1 is 1.41 bits per heavy atom. The number of aromatic carboxylic acids is 1. The largest absolute Gasteiger partial charge is 0.497 e. The van der Waals surface area contributed by atoms with Crippen molar-refractivity contribution in [2.75, 3.05) is 7.11 Å². The first kappa shape index (κ1) is 12.1. The zero-order valence-corrected chi connectivity index (χ0v) is 11.2. The van der Waals surface area contributed by atoms with Crippen LogP contribution in [-0.2, 0) is 0 Å². The lowest BCUT2D eigenvalue weighted by Crippen LogP contribution is -1.95. The average molecular weight is 314 g/mol. The molecular formula is C11H8BrNO3S. The Labute approximate surface area is 110 Å². The van der Waals surface area contributed by atoms with E-state index in [1.165, 1.54) is 0 Å². The summed E-state index contributed by atoms with van der Waals surface area (Å²) in [5.41, 5.74) is 1.22. The number of rotatable bonds is 3. The van der Waals surface area contributed by atoms with Crippen LogP contribution in [0.3, 0.4) is 0 Å². The summed E-state index contributed by atoms with van der Waals surface area (Å²) in [5, 5.41) is 9.07. The van der Waals surface area contributed by atoms with E-state index in [4.69, 9.17) is 9.84 Å². The van der Waals surface area contributed by atoms with E-state index in [9.17, 15) is 4.79 Å². The Morgan fingerprint density at radius 2 is 2.06 bits per heavy atom. The first-order valence-electron chi connectivity index (χ1n) is 4.66. The molecule has 17 heavy (non-hydrogen) atoms. The van der Waals surface area contributed by atoms with Crippen LogP contribution in [0.25, 0.3) is 11.3 Å². The molecule has 0 aliphatic heterocycles. The van der Waals surface area contributed by atoms with Crippen LogP contribution in [0.2, 0.25) is 0 Å². The summed E-state index contributed by atoms with van der Waals surface area (Å²) in [5.74, 6) is -0.251. The summed E-state index contributed by atoms with van der Waals surface area (Å²) in [7, 11) is 1.58. The fourth-order valence-corrected chi connectivity index (χ4v) is 2.70. The molecule has 1 aromatic carbocycles. The molecule has 1 aromatic heterocycles. The van der Waals surface area contributed by atoms with Crippen molar-refractivity contribution in [3.63, 3.8) is 0 Å². The number of carboxylic acid groups (broad SMARTS) is 1. The molecule has 0 radical (unpaired) electrons. The van der Waals surface area contributed by atoms with E-state index in [2.05, 4.69) is 20.9 Å². The Bertz CT molecular complexity index is 550. The molecule has 4 nitrogen and oxygen atoms in total. The van der Waals surface area contributed by atoms with Crippen molar-refractivity contribution < 1.29 is 14.6 Å². The summed E-state index contributed by atoms with van der Waals surface area (Å²) in [4.78, 5) is 15.5. The smallest absolute Gasteiger partial charge is 0.348 e.